The van der Waals surface area contributed by atoms with Gasteiger partial charge in [-0.1, -0.05) is 48.5 Å². The van der Waals surface area contributed by atoms with Crippen molar-refractivity contribution in [3.63, 3.8) is 0 Å². The van der Waals surface area contributed by atoms with Crippen LogP contribution < -0.4 is 4.74 Å². The molecule has 0 spiro atoms. The minimum absolute atomic E-state index is 0.0232. The summed E-state index contributed by atoms with van der Waals surface area (Å²) in [5.74, 6) is 1.32. The van der Waals surface area contributed by atoms with Crippen molar-refractivity contribution in [3.05, 3.63) is 77.8 Å². The monoisotopic (exact) mass is 333 g/mol. The highest BCUT2D eigenvalue weighted by Crippen LogP contribution is 2.26. The summed E-state index contributed by atoms with van der Waals surface area (Å²) in [7, 11) is 0. The molecule has 0 amide bonds. The molecule has 1 aliphatic heterocycles. The Kier molecular flexibility index (Phi) is 4.04. The Hall–Kier alpha value is -3.34. The van der Waals surface area contributed by atoms with Crippen molar-refractivity contribution < 1.29 is 18.7 Å². The van der Waals surface area contributed by atoms with Crippen molar-refractivity contribution in [2.24, 2.45) is 0 Å². The van der Waals surface area contributed by atoms with E-state index in [0.717, 1.165) is 16.9 Å². The number of carbonyl (C=O) groups excluding carboxylic acids is 1. The molecule has 0 atom stereocenters. The molecule has 0 unspecified atom stereocenters. The van der Waals surface area contributed by atoms with Crippen LogP contribution in [0, 0.1) is 0 Å². The number of para-hydroxylation sites is 1. The Morgan fingerprint density at radius 2 is 1.88 bits per heavy atom. The van der Waals surface area contributed by atoms with Crippen molar-refractivity contribution in [2.45, 2.75) is 6.61 Å². The van der Waals surface area contributed by atoms with Crippen LogP contribution in [0.15, 0.2) is 70.8 Å². The fraction of sp³-hybridized carbons (Fsp3) is 0.100. The molecule has 4 rings (SSSR count). The van der Waals surface area contributed by atoms with Gasteiger partial charge in [-0.05, 0) is 12.1 Å². The summed E-state index contributed by atoms with van der Waals surface area (Å²) in [5.41, 5.74) is 2.25. The average Bonchev–Trinajstić information content (AvgIpc) is 3.15. The highest BCUT2D eigenvalue weighted by atomic mass is 16.5. The second-order valence-corrected chi connectivity index (χ2v) is 5.56. The Balaban J connectivity index is 1.42. The maximum absolute atomic E-state index is 12.2. The maximum atomic E-state index is 12.2. The summed E-state index contributed by atoms with van der Waals surface area (Å²) < 4.78 is 16.5. The fourth-order valence-electron chi connectivity index (χ4n) is 2.57. The highest BCUT2D eigenvalue weighted by Gasteiger charge is 2.19. The van der Waals surface area contributed by atoms with Crippen molar-refractivity contribution in [2.75, 3.05) is 6.61 Å². The lowest BCUT2D eigenvalue weighted by Gasteiger charge is -2.16. The van der Waals surface area contributed by atoms with Crippen molar-refractivity contribution in [1.29, 1.82) is 0 Å². The number of aromatic nitrogens is 1. The molecule has 0 radical (unpaired) electrons. The van der Waals surface area contributed by atoms with Gasteiger partial charge in [0.25, 0.3) is 0 Å². The molecular weight excluding hydrogens is 318 g/mol. The van der Waals surface area contributed by atoms with Crippen LogP contribution in [-0.2, 0) is 16.1 Å². The van der Waals surface area contributed by atoms with Crippen molar-refractivity contribution in [3.8, 4) is 17.1 Å². The number of ether oxygens (including phenoxy) is 2. The lowest BCUT2D eigenvalue weighted by molar-refractivity contribution is -0.141. The standard InChI is InChI=1S/C20H15NO4/c22-20(16-10-15-8-4-5-9-17(15)23-12-16)24-13-19-21-11-18(25-19)14-6-2-1-3-7-14/h1-11H,12-13H2. The molecule has 0 bridgehead atoms. The Labute approximate surface area is 144 Å². The van der Waals surface area contributed by atoms with E-state index >= 15 is 0 Å². The maximum Gasteiger partial charge on any atom is 0.338 e. The fourth-order valence-corrected chi connectivity index (χ4v) is 2.57. The zero-order valence-electron chi connectivity index (χ0n) is 13.3. The molecule has 0 fully saturated rings. The summed E-state index contributed by atoms with van der Waals surface area (Å²) in [6.07, 6.45) is 3.41. The molecule has 3 aromatic rings. The predicted octanol–water partition coefficient (Wildman–Crippen LogP) is 3.86. The smallest absolute Gasteiger partial charge is 0.338 e. The first kappa shape index (κ1) is 15.2. The minimum Gasteiger partial charge on any atom is -0.488 e. The number of oxazole rings is 1. The van der Waals surface area contributed by atoms with Gasteiger partial charge in [-0.15, -0.1) is 0 Å². The third-order valence-electron chi connectivity index (χ3n) is 3.83. The number of rotatable bonds is 4. The highest BCUT2D eigenvalue weighted by molar-refractivity contribution is 5.95. The lowest BCUT2D eigenvalue weighted by Crippen LogP contribution is -2.17. The lowest BCUT2D eigenvalue weighted by atomic mass is 10.1. The molecule has 2 heterocycles. The number of fused-ring (bicyclic) bond motifs is 1. The normalized spacial score (nSPS) is 12.7. The largest absolute Gasteiger partial charge is 0.488 e. The third-order valence-corrected chi connectivity index (χ3v) is 3.83. The van der Waals surface area contributed by atoms with E-state index in [1.54, 1.807) is 12.3 Å². The zero-order chi connectivity index (χ0) is 17.1. The molecule has 1 aliphatic rings. The quantitative estimate of drug-likeness (QED) is 0.679. The number of carbonyl (C=O) groups is 1. The van der Waals surface area contributed by atoms with Gasteiger partial charge in [-0.3, -0.25) is 0 Å². The molecule has 5 nitrogen and oxygen atoms in total. The van der Waals surface area contributed by atoms with Crippen LogP contribution in [0.25, 0.3) is 17.4 Å². The van der Waals surface area contributed by atoms with Crippen LogP contribution in [0.5, 0.6) is 5.75 Å². The van der Waals surface area contributed by atoms with E-state index in [9.17, 15) is 4.79 Å². The van der Waals surface area contributed by atoms with Crippen LogP contribution in [-0.4, -0.2) is 17.6 Å². The average molecular weight is 333 g/mol. The second-order valence-electron chi connectivity index (χ2n) is 5.56. The number of benzene rings is 2. The van der Waals surface area contributed by atoms with Crippen LogP contribution in [0.2, 0.25) is 0 Å². The van der Waals surface area contributed by atoms with Crippen LogP contribution in [0.3, 0.4) is 0 Å². The van der Waals surface area contributed by atoms with Gasteiger partial charge in [0.2, 0.25) is 5.89 Å². The van der Waals surface area contributed by atoms with E-state index in [2.05, 4.69) is 4.98 Å². The third kappa shape index (κ3) is 3.30. The van der Waals surface area contributed by atoms with Crippen LogP contribution >= 0.6 is 0 Å². The molecule has 124 valence electrons. The SMILES string of the molecule is O=C(OCc1ncc(-c2ccccc2)o1)C1=Cc2ccccc2OC1. The molecule has 25 heavy (non-hydrogen) atoms. The first-order valence-corrected chi connectivity index (χ1v) is 7.89. The zero-order valence-corrected chi connectivity index (χ0v) is 13.3. The molecule has 0 N–H and O–H groups in total. The van der Waals surface area contributed by atoms with E-state index < -0.39 is 5.97 Å². The van der Waals surface area contributed by atoms with Gasteiger partial charge in [-0.2, -0.15) is 0 Å². The van der Waals surface area contributed by atoms with E-state index in [4.69, 9.17) is 13.9 Å². The molecule has 0 aliphatic carbocycles. The molecule has 2 aromatic carbocycles. The Morgan fingerprint density at radius 3 is 2.76 bits per heavy atom. The number of nitrogens with zero attached hydrogens (tertiary/aromatic N) is 1. The molecule has 1 aromatic heterocycles. The minimum atomic E-state index is -0.436. The Morgan fingerprint density at radius 1 is 1.08 bits per heavy atom. The van der Waals surface area contributed by atoms with E-state index in [1.165, 1.54) is 0 Å². The van der Waals surface area contributed by atoms with Gasteiger partial charge in [0.05, 0.1) is 11.8 Å². The second kappa shape index (κ2) is 6.65. The van der Waals surface area contributed by atoms with E-state index in [-0.39, 0.29) is 13.2 Å². The first-order chi connectivity index (χ1) is 12.3. The summed E-state index contributed by atoms with van der Waals surface area (Å²) in [6, 6.07) is 17.2. The summed E-state index contributed by atoms with van der Waals surface area (Å²) in [6.45, 7) is 0.168. The van der Waals surface area contributed by atoms with Crippen molar-refractivity contribution in [1.82, 2.24) is 4.98 Å². The van der Waals surface area contributed by atoms with Crippen LogP contribution in [0.4, 0.5) is 0 Å². The Bertz CT molecular complexity index is 928. The topological polar surface area (TPSA) is 61.6 Å². The van der Waals surface area contributed by atoms with Gasteiger partial charge >= 0.3 is 5.97 Å². The van der Waals surface area contributed by atoms with E-state index in [1.807, 2.05) is 54.6 Å². The van der Waals surface area contributed by atoms with Gasteiger partial charge in [0, 0.05) is 11.1 Å². The molecule has 0 saturated carbocycles. The van der Waals surface area contributed by atoms with Gasteiger partial charge in [0.1, 0.15) is 12.4 Å². The van der Waals surface area contributed by atoms with Crippen LogP contribution in [0.1, 0.15) is 11.5 Å². The number of esters is 1. The summed E-state index contributed by atoms with van der Waals surface area (Å²) in [4.78, 5) is 16.4. The number of hydrogen-bond donors (Lipinski definition) is 0. The summed E-state index contributed by atoms with van der Waals surface area (Å²) in [5, 5.41) is 0. The van der Waals surface area contributed by atoms with E-state index in [0.29, 0.717) is 17.2 Å². The van der Waals surface area contributed by atoms with Gasteiger partial charge in [-0.25, -0.2) is 9.78 Å². The van der Waals surface area contributed by atoms with Crippen molar-refractivity contribution >= 4 is 12.0 Å². The molecule has 0 saturated heterocycles. The number of hydrogen-bond acceptors (Lipinski definition) is 5. The molecular formula is C20H15NO4. The predicted molar refractivity (Wildman–Crippen MR) is 91.6 cm³/mol. The summed E-state index contributed by atoms with van der Waals surface area (Å²) >= 11 is 0. The molecule has 5 heteroatoms. The van der Waals surface area contributed by atoms with Gasteiger partial charge in [0.15, 0.2) is 12.4 Å². The first-order valence-electron chi connectivity index (χ1n) is 7.89. The van der Waals surface area contributed by atoms with Gasteiger partial charge < -0.3 is 13.9 Å².